The summed E-state index contributed by atoms with van der Waals surface area (Å²) in [7, 11) is -3.81. The van der Waals surface area contributed by atoms with Gasteiger partial charge in [-0.25, -0.2) is 8.42 Å². The van der Waals surface area contributed by atoms with E-state index in [1.165, 1.54) is 16.4 Å². The molecule has 2 heterocycles. The van der Waals surface area contributed by atoms with Crippen LogP contribution in [0.1, 0.15) is 41.9 Å². The van der Waals surface area contributed by atoms with Gasteiger partial charge in [0.25, 0.3) is 15.9 Å². The fraction of sp³-hybridized carbons (Fsp3) is 0.320. The summed E-state index contributed by atoms with van der Waals surface area (Å²) in [5.74, 6) is 0.500. The highest BCUT2D eigenvalue weighted by Gasteiger charge is 2.27. The molecule has 1 saturated heterocycles. The Hall–Kier alpha value is -3.10. The van der Waals surface area contributed by atoms with Gasteiger partial charge >= 0.3 is 0 Å². The zero-order valence-electron chi connectivity index (χ0n) is 18.7. The first-order valence-corrected chi connectivity index (χ1v) is 12.7. The average Bonchev–Trinajstić information content (AvgIpc) is 3.55. The van der Waals surface area contributed by atoms with Gasteiger partial charge in [-0.1, -0.05) is 24.3 Å². The SMILES string of the molecule is CCN(c1ccccc1)S(=O)(=O)c1cccc(C(=O)NC[C@H](c2ccco2)N2CCCC2)c1. The van der Waals surface area contributed by atoms with Crippen molar-refractivity contribution in [3.63, 3.8) is 0 Å². The molecule has 1 atom stereocenters. The van der Waals surface area contributed by atoms with Gasteiger partial charge in [0.05, 0.1) is 22.9 Å². The number of furan rings is 1. The molecule has 1 amide bonds. The van der Waals surface area contributed by atoms with E-state index < -0.39 is 10.0 Å². The summed E-state index contributed by atoms with van der Waals surface area (Å²) >= 11 is 0. The molecule has 0 aliphatic carbocycles. The molecule has 174 valence electrons. The number of sulfonamides is 1. The number of anilines is 1. The maximum absolute atomic E-state index is 13.3. The Kier molecular flexibility index (Phi) is 7.15. The molecule has 3 aromatic rings. The quantitative estimate of drug-likeness (QED) is 0.513. The highest BCUT2D eigenvalue weighted by molar-refractivity contribution is 7.92. The lowest BCUT2D eigenvalue weighted by Gasteiger charge is -2.26. The number of benzene rings is 2. The van der Waals surface area contributed by atoms with E-state index >= 15 is 0 Å². The van der Waals surface area contributed by atoms with Gasteiger partial charge in [0.15, 0.2) is 0 Å². The lowest BCUT2D eigenvalue weighted by molar-refractivity contribution is 0.0933. The standard InChI is InChI=1S/C25H29N3O4S/c1-2-28(21-11-4-3-5-12-21)33(30,31)22-13-8-10-20(18-22)25(29)26-19-23(24-14-9-17-32-24)27-15-6-7-16-27/h3-5,8-14,17-18,23H,2,6-7,15-16,19H2,1H3,(H,26,29)/t23-/m1/s1. The second kappa shape index (κ2) is 10.2. The van der Waals surface area contributed by atoms with Gasteiger partial charge in [0.1, 0.15) is 5.76 Å². The predicted octanol–water partition coefficient (Wildman–Crippen LogP) is 4.06. The van der Waals surface area contributed by atoms with Crippen LogP contribution < -0.4 is 9.62 Å². The Bertz CT molecular complexity index is 1160. The van der Waals surface area contributed by atoms with Gasteiger partial charge in [-0.05, 0) is 75.3 Å². The molecule has 1 aliphatic heterocycles. The van der Waals surface area contributed by atoms with E-state index in [2.05, 4.69) is 10.2 Å². The minimum Gasteiger partial charge on any atom is -0.468 e. The van der Waals surface area contributed by atoms with Crippen LogP contribution in [0.15, 0.2) is 82.3 Å². The maximum atomic E-state index is 13.3. The van der Waals surface area contributed by atoms with Crippen molar-refractivity contribution in [2.45, 2.75) is 30.7 Å². The molecule has 8 heteroatoms. The molecule has 4 rings (SSSR count). The Morgan fingerprint density at radius 2 is 1.82 bits per heavy atom. The molecule has 1 fully saturated rings. The van der Waals surface area contributed by atoms with Gasteiger partial charge in [0.2, 0.25) is 0 Å². The summed E-state index contributed by atoms with van der Waals surface area (Å²) in [6.45, 7) is 4.37. The summed E-state index contributed by atoms with van der Waals surface area (Å²) in [6, 6.07) is 18.9. The molecule has 1 aliphatic rings. The number of amides is 1. The minimum absolute atomic E-state index is 0.0490. The van der Waals surface area contributed by atoms with E-state index in [1.54, 1.807) is 49.6 Å². The van der Waals surface area contributed by atoms with Crippen molar-refractivity contribution < 1.29 is 17.6 Å². The van der Waals surface area contributed by atoms with E-state index in [1.807, 2.05) is 18.2 Å². The summed E-state index contributed by atoms with van der Waals surface area (Å²) in [5, 5.41) is 2.97. The van der Waals surface area contributed by atoms with Crippen molar-refractivity contribution in [1.82, 2.24) is 10.2 Å². The summed E-state index contributed by atoms with van der Waals surface area (Å²) in [6.07, 6.45) is 3.89. The number of hydrogen-bond donors (Lipinski definition) is 1. The fourth-order valence-electron chi connectivity index (χ4n) is 4.25. The zero-order valence-corrected chi connectivity index (χ0v) is 19.5. The molecule has 0 radical (unpaired) electrons. The van der Waals surface area contributed by atoms with E-state index in [4.69, 9.17) is 4.42 Å². The van der Waals surface area contributed by atoms with Crippen molar-refractivity contribution in [2.24, 2.45) is 0 Å². The van der Waals surface area contributed by atoms with Gasteiger partial charge in [-0.2, -0.15) is 0 Å². The Morgan fingerprint density at radius 1 is 1.06 bits per heavy atom. The van der Waals surface area contributed by atoms with Crippen molar-refractivity contribution in [1.29, 1.82) is 0 Å². The lowest BCUT2D eigenvalue weighted by Crippen LogP contribution is -2.36. The van der Waals surface area contributed by atoms with E-state index in [0.29, 0.717) is 17.8 Å². The van der Waals surface area contributed by atoms with Gasteiger partial charge in [-0.3, -0.25) is 14.0 Å². The maximum Gasteiger partial charge on any atom is 0.264 e. The Balaban J connectivity index is 1.51. The average molecular weight is 468 g/mol. The number of carbonyl (C=O) groups excluding carboxylic acids is 1. The summed E-state index contributed by atoms with van der Waals surface area (Å²) < 4.78 is 33.6. The number of likely N-dealkylation sites (tertiary alicyclic amines) is 1. The molecule has 1 aromatic heterocycles. The highest BCUT2D eigenvalue weighted by Crippen LogP contribution is 2.26. The number of carbonyl (C=O) groups is 1. The smallest absolute Gasteiger partial charge is 0.264 e. The Labute approximate surface area is 195 Å². The van der Waals surface area contributed by atoms with Crippen molar-refractivity contribution in [3.05, 3.63) is 84.3 Å². The van der Waals surface area contributed by atoms with E-state index in [-0.39, 0.29) is 23.4 Å². The van der Waals surface area contributed by atoms with Crippen LogP contribution in [0.3, 0.4) is 0 Å². The van der Waals surface area contributed by atoms with E-state index in [0.717, 1.165) is 31.7 Å². The monoisotopic (exact) mass is 467 g/mol. The predicted molar refractivity (Wildman–Crippen MR) is 128 cm³/mol. The number of nitrogens with zero attached hydrogens (tertiary/aromatic N) is 2. The second-order valence-corrected chi connectivity index (χ2v) is 9.88. The number of hydrogen-bond acceptors (Lipinski definition) is 5. The molecule has 2 aromatic carbocycles. The number of nitrogens with one attached hydrogen (secondary N) is 1. The van der Waals surface area contributed by atoms with Crippen LogP contribution >= 0.6 is 0 Å². The van der Waals surface area contributed by atoms with E-state index in [9.17, 15) is 13.2 Å². The third-order valence-corrected chi connectivity index (χ3v) is 7.82. The topological polar surface area (TPSA) is 82.9 Å². The van der Waals surface area contributed by atoms with Gasteiger partial charge in [0, 0.05) is 18.7 Å². The molecule has 0 bridgehead atoms. The lowest BCUT2D eigenvalue weighted by atomic mass is 10.1. The van der Waals surface area contributed by atoms with Crippen molar-refractivity contribution >= 4 is 21.6 Å². The molecular weight excluding hydrogens is 438 g/mol. The second-order valence-electron chi connectivity index (χ2n) is 8.02. The van der Waals surface area contributed by atoms with Crippen LogP contribution in [0.5, 0.6) is 0 Å². The molecule has 0 saturated carbocycles. The summed E-state index contributed by atoms with van der Waals surface area (Å²) in [5.41, 5.74) is 0.890. The molecule has 33 heavy (non-hydrogen) atoms. The summed E-state index contributed by atoms with van der Waals surface area (Å²) in [4.78, 5) is 15.3. The minimum atomic E-state index is -3.81. The van der Waals surface area contributed by atoms with Gasteiger partial charge in [-0.15, -0.1) is 0 Å². The third-order valence-electron chi connectivity index (χ3n) is 5.92. The largest absolute Gasteiger partial charge is 0.468 e. The number of rotatable bonds is 9. The molecule has 7 nitrogen and oxygen atoms in total. The first-order chi connectivity index (χ1) is 16.0. The highest BCUT2D eigenvalue weighted by atomic mass is 32.2. The van der Waals surface area contributed by atoms with Crippen LogP contribution in [0.25, 0.3) is 0 Å². The van der Waals surface area contributed by atoms with Crippen molar-refractivity contribution in [2.75, 3.05) is 30.5 Å². The van der Waals surface area contributed by atoms with Crippen LogP contribution in [-0.2, 0) is 10.0 Å². The van der Waals surface area contributed by atoms with Crippen LogP contribution in [-0.4, -0.2) is 45.4 Å². The fourth-order valence-corrected chi connectivity index (χ4v) is 5.77. The van der Waals surface area contributed by atoms with Crippen LogP contribution in [0.2, 0.25) is 0 Å². The normalized spacial score (nSPS) is 15.3. The molecule has 0 spiro atoms. The molecule has 1 N–H and O–H groups in total. The Morgan fingerprint density at radius 3 is 2.48 bits per heavy atom. The van der Waals surface area contributed by atoms with Gasteiger partial charge < -0.3 is 9.73 Å². The first-order valence-electron chi connectivity index (χ1n) is 11.2. The van der Waals surface area contributed by atoms with Crippen LogP contribution in [0, 0.1) is 0 Å². The number of para-hydroxylation sites is 1. The third kappa shape index (κ3) is 5.12. The first kappa shape index (κ1) is 23.1. The molecular formula is C25H29N3O4S. The van der Waals surface area contributed by atoms with Crippen molar-refractivity contribution in [3.8, 4) is 0 Å². The zero-order chi connectivity index (χ0) is 23.3. The molecule has 0 unspecified atom stereocenters. The van der Waals surface area contributed by atoms with Crippen LogP contribution in [0.4, 0.5) is 5.69 Å².